The topological polar surface area (TPSA) is 62.2 Å². The summed E-state index contributed by atoms with van der Waals surface area (Å²) in [6.07, 6.45) is 11.1. The van der Waals surface area contributed by atoms with E-state index in [9.17, 15) is 4.79 Å². The van der Waals surface area contributed by atoms with Crippen molar-refractivity contribution in [3.8, 4) is 0 Å². The summed E-state index contributed by atoms with van der Waals surface area (Å²) in [6, 6.07) is 1.69. The van der Waals surface area contributed by atoms with Crippen molar-refractivity contribution in [3.05, 3.63) is 17.5 Å². The van der Waals surface area contributed by atoms with E-state index in [1.54, 1.807) is 0 Å². The van der Waals surface area contributed by atoms with Gasteiger partial charge in [0.05, 0.1) is 12.2 Å². The number of carbonyl (C=O) groups is 1. The Morgan fingerprint density at radius 3 is 2.62 bits per heavy atom. The maximum atomic E-state index is 12.5. The fourth-order valence-electron chi connectivity index (χ4n) is 4.98. The van der Waals surface area contributed by atoms with Gasteiger partial charge in [-0.15, -0.1) is 0 Å². The fourth-order valence-corrected chi connectivity index (χ4v) is 4.98. The molecule has 3 aliphatic rings. The number of aromatic nitrogens is 2. The third kappa shape index (κ3) is 2.92. The predicted octanol–water partition coefficient (Wildman–Crippen LogP) is 2.11. The molecule has 3 heterocycles. The molecule has 2 N–H and O–H groups in total. The lowest BCUT2D eigenvalue weighted by Gasteiger charge is -2.47. The molecule has 6 nitrogen and oxygen atoms in total. The average molecular weight is 331 g/mol. The Bertz CT molecular complexity index is 599. The van der Waals surface area contributed by atoms with Crippen LogP contribution in [0.25, 0.3) is 0 Å². The summed E-state index contributed by atoms with van der Waals surface area (Å²) in [6.45, 7) is 0. The smallest absolute Gasteiger partial charge is 0.315 e. The first-order valence-corrected chi connectivity index (χ1v) is 9.41. The molecule has 3 unspecified atom stereocenters. The van der Waals surface area contributed by atoms with E-state index in [4.69, 9.17) is 0 Å². The van der Waals surface area contributed by atoms with Gasteiger partial charge in [0.1, 0.15) is 0 Å². The number of piperidine rings is 2. The molecule has 2 saturated heterocycles. The van der Waals surface area contributed by atoms with E-state index in [-0.39, 0.29) is 12.1 Å². The predicted molar refractivity (Wildman–Crippen MR) is 92.8 cm³/mol. The number of urea groups is 1. The molecule has 2 aliphatic heterocycles. The first-order chi connectivity index (χ1) is 11.6. The molecule has 1 aromatic rings. The zero-order valence-corrected chi connectivity index (χ0v) is 14.8. The van der Waals surface area contributed by atoms with Crippen LogP contribution in [0.3, 0.4) is 0 Å². The molecule has 0 radical (unpaired) electrons. The highest BCUT2D eigenvalue weighted by molar-refractivity contribution is 5.75. The van der Waals surface area contributed by atoms with E-state index in [0.29, 0.717) is 18.1 Å². The van der Waals surface area contributed by atoms with Crippen molar-refractivity contribution < 1.29 is 4.79 Å². The Kier molecular flexibility index (Phi) is 4.24. The summed E-state index contributed by atoms with van der Waals surface area (Å²) in [7, 11) is 4.23. The van der Waals surface area contributed by atoms with Gasteiger partial charge in [-0.1, -0.05) is 6.42 Å². The van der Waals surface area contributed by atoms with Crippen LogP contribution in [0.1, 0.15) is 62.2 Å². The highest BCUT2D eigenvalue weighted by Crippen LogP contribution is 2.33. The molecule has 0 spiro atoms. The van der Waals surface area contributed by atoms with E-state index >= 15 is 0 Å². The van der Waals surface area contributed by atoms with Crippen molar-refractivity contribution >= 4 is 6.03 Å². The molecule has 1 aromatic heterocycles. The van der Waals surface area contributed by atoms with Gasteiger partial charge in [-0.05, 0) is 52.0 Å². The normalized spacial score (nSPS) is 32.9. The summed E-state index contributed by atoms with van der Waals surface area (Å²) < 4.78 is 1.94. The van der Waals surface area contributed by atoms with Gasteiger partial charge >= 0.3 is 6.03 Å². The van der Waals surface area contributed by atoms with Crippen molar-refractivity contribution in [2.45, 2.75) is 75.5 Å². The number of aryl methyl sites for hydroxylation is 1. The number of hydrogen-bond donors (Lipinski definition) is 2. The van der Waals surface area contributed by atoms with Gasteiger partial charge in [-0.25, -0.2) is 4.79 Å². The number of fused-ring (bicyclic) bond motifs is 3. The van der Waals surface area contributed by atoms with Crippen LogP contribution >= 0.6 is 0 Å². The second-order valence-corrected chi connectivity index (χ2v) is 7.81. The maximum Gasteiger partial charge on any atom is 0.315 e. The van der Waals surface area contributed by atoms with Crippen LogP contribution in [0, 0.1) is 0 Å². The van der Waals surface area contributed by atoms with Gasteiger partial charge in [0.2, 0.25) is 0 Å². The SMILES string of the molecule is CN1C2CCCC1CC(NC(=O)NC1CCCc3c1cnn3C)C2. The van der Waals surface area contributed by atoms with Crippen molar-refractivity contribution in [1.82, 2.24) is 25.3 Å². The molecular formula is C18H29N5O. The fraction of sp³-hybridized carbons (Fsp3) is 0.778. The van der Waals surface area contributed by atoms with Gasteiger partial charge in [-0.2, -0.15) is 5.10 Å². The third-order valence-electron chi connectivity index (χ3n) is 6.36. The number of carbonyl (C=O) groups excluding carboxylic acids is 1. The zero-order valence-electron chi connectivity index (χ0n) is 14.8. The lowest BCUT2D eigenvalue weighted by molar-refractivity contribution is 0.0508. The molecule has 2 bridgehead atoms. The summed E-state index contributed by atoms with van der Waals surface area (Å²) in [5.74, 6) is 0. The molecule has 0 saturated carbocycles. The number of rotatable bonds is 2. The largest absolute Gasteiger partial charge is 0.335 e. The molecule has 3 atom stereocenters. The Hall–Kier alpha value is -1.56. The number of hydrogen-bond acceptors (Lipinski definition) is 3. The van der Waals surface area contributed by atoms with E-state index in [1.807, 2.05) is 17.9 Å². The molecular weight excluding hydrogens is 302 g/mol. The lowest BCUT2D eigenvalue weighted by Crippen LogP contribution is -2.56. The van der Waals surface area contributed by atoms with Gasteiger partial charge in [-0.3, -0.25) is 4.68 Å². The number of nitrogens with zero attached hydrogens (tertiary/aromatic N) is 3. The minimum atomic E-state index is -0.00988. The second kappa shape index (κ2) is 6.39. The Labute approximate surface area is 144 Å². The lowest BCUT2D eigenvalue weighted by atomic mass is 9.82. The van der Waals surface area contributed by atoms with Crippen molar-refractivity contribution in [2.24, 2.45) is 7.05 Å². The van der Waals surface area contributed by atoms with Crippen LogP contribution in [0.15, 0.2) is 6.20 Å². The molecule has 1 aliphatic carbocycles. The van der Waals surface area contributed by atoms with Gasteiger partial charge in [0, 0.05) is 36.4 Å². The van der Waals surface area contributed by atoms with Gasteiger partial charge in [0.15, 0.2) is 0 Å². The Balaban J connectivity index is 1.36. The monoisotopic (exact) mass is 331 g/mol. The Morgan fingerprint density at radius 2 is 1.88 bits per heavy atom. The highest BCUT2D eigenvalue weighted by Gasteiger charge is 2.36. The molecule has 2 fully saturated rings. The van der Waals surface area contributed by atoms with E-state index in [0.717, 1.165) is 32.1 Å². The van der Waals surface area contributed by atoms with Crippen LogP contribution in [0.5, 0.6) is 0 Å². The summed E-state index contributed by atoms with van der Waals surface area (Å²) in [4.78, 5) is 15.1. The zero-order chi connectivity index (χ0) is 16.7. The quantitative estimate of drug-likeness (QED) is 0.872. The van der Waals surface area contributed by atoms with Crippen molar-refractivity contribution in [3.63, 3.8) is 0 Å². The van der Waals surface area contributed by atoms with Gasteiger partial charge in [0.25, 0.3) is 0 Å². The molecule has 24 heavy (non-hydrogen) atoms. The molecule has 132 valence electrons. The van der Waals surface area contributed by atoms with Gasteiger partial charge < -0.3 is 15.5 Å². The van der Waals surface area contributed by atoms with Crippen LogP contribution in [-0.2, 0) is 13.5 Å². The van der Waals surface area contributed by atoms with E-state index in [2.05, 4.69) is 27.7 Å². The van der Waals surface area contributed by atoms with Crippen LogP contribution in [0.2, 0.25) is 0 Å². The Morgan fingerprint density at radius 1 is 1.12 bits per heavy atom. The van der Waals surface area contributed by atoms with E-state index in [1.165, 1.54) is 30.5 Å². The molecule has 0 aromatic carbocycles. The van der Waals surface area contributed by atoms with E-state index < -0.39 is 0 Å². The summed E-state index contributed by atoms with van der Waals surface area (Å²) in [5, 5.41) is 10.8. The minimum Gasteiger partial charge on any atom is -0.335 e. The first kappa shape index (κ1) is 15.9. The van der Waals surface area contributed by atoms with Crippen molar-refractivity contribution in [1.29, 1.82) is 0 Å². The van der Waals surface area contributed by atoms with Crippen LogP contribution in [0.4, 0.5) is 4.79 Å². The molecule has 4 rings (SSSR count). The number of amides is 2. The maximum absolute atomic E-state index is 12.5. The molecule has 6 heteroatoms. The highest BCUT2D eigenvalue weighted by atomic mass is 16.2. The second-order valence-electron chi connectivity index (χ2n) is 7.81. The standard InChI is InChI=1S/C18H29N5O/c1-22-13-5-3-6-14(22)10-12(9-13)20-18(24)21-16-7-4-8-17-15(16)11-19-23(17)2/h11-14,16H,3-10H2,1-2H3,(H2,20,21,24). The first-order valence-electron chi connectivity index (χ1n) is 9.41. The van der Waals surface area contributed by atoms with Crippen LogP contribution < -0.4 is 10.6 Å². The van der Waals surface area contributed by atoms with Crippen molar-refractivity contribution in [2.75, 3.05) is 7.05 Å². The minimum absolute atomic E-state index is 0.00988. The summed E-state index contributed by atoms with van der Waals surface area (Å²) >= 11 is 0. The average Bonchev–Trinajstić information content (AvgIpc) is 2.91. The molecule has 2 amide bonds. The third-order valence-corrected chi connectivity index (χ3v) is 6.36. The van der Waals surface area contributed by atoms with Crippen LogP contribution in [-0.4, -0.2) is 45.9 Å². The number of nitrogens with one attached hydrogen (secondary N) is 2. The summed E-state index contributed by atoms with van der Waals surface area (Å²) in [5.41, 5.74) is 2.46.